The summed E-state index contributed by atoms with van der Waals surface area (Å²) in [6.07, 6.45) is -7.83. The molecule has 0 aliphatic rings. The van der Waals surface area contributed by atoms with Crippen LogP contribution in [0.15, 0.2) is 55.3 Å². The van der Waals surface area contributed by atoms with Gasteiger partial charge in [-0.2, -0.15) is 26.3 Å². The molecule has 0 atom stereocenters. The second-order valence-corrected chi connectivity index (χ2v) is 5.89. The number of nitrogens with zero attached hydrogens (tertiary/aromatic N) is 2. The number of carbonyl (C=O) groups excluding carboxylic acids is 1. The van der Waals surface area contributed by atoms with Crippen molar-refractivity contribution in [1.82, 2.24) is 4.98 Å². The van der Waals surface area contributed by atoms with Gasteiger partial charge in [0.25, 0.3) is 0 Å². The molecule has 2 rings (SSSR count). The quantitative estimate of drug-likeness (QED) is 0.464. The van der Waals surface area contributed by atoms with Crippen molar-refractivity contribution in [3.63, 3.8) is 0 Å². The third-order valence-electron chi connectivity index (χ3n) is 3.85. The average Bonchev–Trinajstić information content (AvgIpc) is 2.63. The van der Waals surface area contributed by atoms with Crippen molar-refractivity contribution in [2.45, 2.75) is 25.2 Å². The van der Waals surface area contributed by atoms with Crippen LogP contribution in [0.1, 0.15) is 18.4 Å². The van der Waals surface area contributed by atoms with Gasteiger partial charge in [0.05, 0.1) is 23.1 Å². The highest BCUT2D eigenvalue weighted by molar-refractivity contribution is 6.01. The maximum absolute atomic E-state index is 12.6. The molecule has 0 aliphatic heterocycles. The van der Waals surface area contributed by atoms with Crippen LogP contribution in [-0.4, -0.2) is 23.6 Å². The Bertz CT molecular complexity index is 810. The first kappa shape index (κ1) is 21.5. The van der Waals surface area contributed by atoms with Crippen molar-refractivity contribution in [3.8, 4) is 11.3 Å². The van der Waals surface area contributed by atoms with Crippen LogP contribution in [0.25, 0.3) is 11.3 Å². The van der Waals surface area contributed by atoms with Crippen molar-refractivity contribution in [1.29, 1.82) is 0 Å². The van der Waals surface area contributed by atoms with Gasteiger partial charge in [-0.05, 0) is 36.8 Å². The van der Waals surface area contributed by atoms with E-state index in [9.17, 15) is 31.1 Å². The summed E-state index contributed by atoms with van der Waals surface area (Å²) >= 11 is 0. The van der Waals surface area contributed by atoms with Crippen molar-refractivity contribution >= 4 is 11.6 Å². The van der Waals surface area contributed by atoms with Crippen LogP contribution in [0.3, 0.4) is 0 Å². The molecule has 0 bridgehead atoms. The van der Waals surface area contributed by atoms with Gasteiger partial charge in [-0.25, -0.2) is 0 Å². The van der Waals surface area contributed by atoms with Crippen molar-refractivity contribution in [2.75, 3.05) is 11.4 Å². The van der Waals surface area contributed by atoms with Crippen molar-refractivity contribution < 1.29 is 31.1 Å². The maximum Gasteiger partial charge on any atom is 0.416 e. The number of hydrogen-bond acceptors (Lipinski definition) is 2. The number of benzene rings is 1. The number of rotatable bonds is 6. The number of aromatic nitrogens is 1. The number of hydrogen-bond donors (Lipinski definition) is 0. The predicted molar refractivity (Wildman–Crippen MR) is 92.5 cm³/mol. The lowest BCUT2D eigenvalue weighted by Crippen LogP contribution is -2.31. The lowest BCUT2D eigenvalue weighted by Gasteiger charge is -2.21. The van der Waals surface area contributed by atoms with Gasteiger partial charge in [0.15, 0.2) is 0 Å². The normalized spacial score (nSPS) is 11.9. The first-order valence-corrected chi connectivity index (χ1v) is 8.15. The Balaban J connectivity index is 2.17. The monoisotopic (exact) mass is 402 g/mol. The molecule has 1 aromatic carbocycles. The van der Waals surface area contributed by atoms with E-state index in [-0.39, 0.29) is 18.7 Å². The lowest BCUT2D eigenvalue weighted by molar-refractivity contribution is -0.137. The highest BCUT2D eigenvalue weighted by Crippen LogP contribution is 2.31. The molecule has 0 saturated carbocycles. The first-order valence-electron chi connectivity index (χ1n) is 8.15. The molecule has 0 unspecified atom stereocenters. The average molecular weight is 402 g/mol. The van der Waals surface area contributed by atoms with Gasteiger partial charge in [0.1, 0.15) is 0 Å². The van der Waals surface area contributed by atoms with Crippen LogP contribution in [-0.2, 0) is 11.0 Å². The van der Waals surface area contributed by atoms with Crippen LogP contribution in [0.4, 0.5) is 32.0 Å². The number of amides is 1. The Morgan fingerprint density at radius 2 is 1.68 bits per heavy atom. The zero-order valence-electron chi connectivity index (χ0n) is 14.5. The molecular weight excluding hydrogens is 386 g/mol. The molecule has 0 N–H and O–H groups in total. The summed E-state index contributed by atoms with van der Waals surface area (Å²) in [6, 6.07) is 7.33. The van der Waals surface area contributed by atoms with Gasteiger partial charge < -0.3 is 4.90 Å². The standard InChI is InChI=1S/C19H16F6N2O/c1-2-17(28)27(11-3-10-18(20,21)22)15-8-9-16(26-12-15)13-4-6-14(7-5-13)19(23,24)25/h2,4-9,12H,1,3,10-11H2. The number of carbonyl (C=O) groups is 1. The summed E-state index contributed by atoms with van der Waals surface area (Å²) in [5.74, 6) is -0.578. The van der Waals surface area contributed by atoms with E-state index < -0.39 is 30.2 Å². The first-order chi connectivity index (χ1) is 13.0. The predicted octanol–water partition coefficient (Wildman–Crippen LogP) is 5.63. The minimum Gasteiger partial charge on any atom is -0.307 e. The Hall–Kier alpha value is -2.84. The van der Waals surface area contributed by atoms with Crippen LogP contribution in [0.2, 0.25) is 0 Å². The summed E-state index contributed by atoms with van der Waals surface area (Å²) in [5.41, 5.74) is 0.264. The Labute approximate surface area is 157 Å². The molecule has 0 radical (unpaired) electrons. The molecular formula is C19H16F6N2O. The highest BCUT2D eigenvalue weighted by Gasteiger charge is 2.30. The van der Waals surface area contributed by atoms with Gasteiger partial charge in [-0.15, -0.1) is 0 Å². The van der Waals surface area contributed by atoms with E-state index in [0.29, 0.717) is 11.3 Å². The third-order valence-corrected chi connectivity index (χ3v) is 3.85. The summed E-state index contributed by atoms with van der Waals surface area (Å²) in [4.78, 5) is 17.2. The molecule has 1 amide bonds. The molecule has 0 aliphatic carbocycles. The number of anilines is 1. The molecule has 9 heteroatoms. The van der Waals surface area contributed by atoms with E-state index in [1.807, 2.05) is 0 Å². The zero-order chi connectivity index (χ0) is 20.9. The van der Waals surface area contributed by atoms with Crippen LogP contribution < -0.4 is 4.90 Å². The number of pyridine rings is 1. The zero-order valence-corrected chi connectivity index (χ0v) is 14.5. The smallest absolute Gasteiger partial charge is 0.307 e. The third kappa shape index (κ3) is 5.83. The van der Waals surface area contributed by atoms with Crippen LogP contribution >= 0.6 is 0 Å². The molecule has 3 nitrogen and oxygen atoms in total. The summed E-state index contributed by atoms with van der Waals surface area (Å²) in [6.45, 7) is 3.16. The fourth-order valence-corrected chi connectivity index (χ4v) is 2.46. The van der Waals surface area contributed by atoms with Crippen molar-refractivity contribution in [2.24, 2.45) is 0 Å². The van der Waals surface area contributed by atoms with Crippen LogP contribution in [0, 0.1) is 0 Å². The second-order valence-electron chi connectivity index (χ2n) is 5.89. The molecule has 28 heavy (non-hydrogen) atoms. The van der Waals surface area contributed by atoms with E-state index >= 15 is 0 Å². The molecule has 1 aromatic heterocycles. The van der Waals surface area contributed by atoms with E-state index in [1.165, 1.54) is 30.5 Å². The molecule has 2 aromatic rings. The molecule has 150 valence electrons. The minimum absolute atomic E-state index is 0.175. The van der Waals surface area contributed by atoms with E-state index in [4.69, 9.17) is 0 Å². The van der Waals surface area contributed by atoms with Gasteiger partial charge in [-0.1, -0.05) is 18.7 Å². The topological polar surface area (TPSA) is 33.2 Å². The van der Waals surface area contributed by atoms with E-state index in [2.05, 4.69) is 11.6 Å². The van der Waals surface area contributed by atoms with E-state index in [0.717, 1.165) is 23.1 Å². The summed E-state index contributed by atoms with van der Waals surface area (Å²) < 4.78 is 74.8. The molecule has 0 saturated heterocycles. The SMILES string of the molecule is C=CC(=O)N(CCCC(F)(F)F)c1ccc(-c2ccc(C(F)(F)F)cc2)nc1. The molecule has 1 heterocycles. The van der Waals surface area contributed by atoms with Gasteiger partial charge >= 0.3 is 12.4 Å². The number of alkyl halides is 6. The maximum atomic E-state index is 12.6. The summed E-state index contributed by atoms with van der Waals surface area (Å²) in [7, 11) is 0. The van der Waals surface area contributed by atoms with Gasteiger partial charge in [0, 0.05) is 18.5 Å². The largest absolute Gasteiger partial charge is 0.416 e. The Morgan fingerprint density at radius 1 is 1.04 bits per heavy atom. The fraction of sp³-hybridized carbons (Fsp3) is 0.263. The minimum atomic E-state index is -4.45. The Morgan fingerprint density at radius 3 is 2.14 bits per heavy atom. The Kier molecular flexibility index (Phi) is 6.48. The lowest BCUT2D eigenvalue weighted by atomic mass is 10.1. The number of halogens is 6. The van der Waals surface area contributed by atoms with Gasteiger partial charge in [0.2, 0.25) is 5.91 Å². The second kappa shape index (κ2) is 8.45. The highest BCUT2D eigenvalue weighted by atomic mass is 19.4. The molecule has 0 fully saturated rings. The van der Waals surface area contributed by atoms with Crippen molar-refractivity contribution in [3.05, 3.63) is 60.8 Å². The molecule has 0 spiro atoms. The fourth-order valence-electron chi connectivity index (χ4n) is 2.46. The van der Waals surface area contributed by atoms with Crippen LogP contribution in [0.5, 0.6) is 0 Å². The summed E-state index contributed by atoms with van der Waals surface area (Å²) in [5, 5.41) is 0. The van der Waals surface area contributed by atoms with E-state index in [1.54, 1.807) is 0 Å². The van der Waals surface area contributed by atoms with Gasteiger partial charge in [-0.3, -0.25) is 9.78 Å².